The van der Waals surface area contributed by atoms with Crippen molar-refractivity contribution >= 4 is 21.8 Å². The molecule has 0 saturated carbocycles. The number of amides is 1. The first-order valence-electron chi connectivity index (χ1n) is 8.53. The van der Waals surface area contributed by atoms with Crippen molar-refractivity contribution in [2.75, 3.05) is 32.7 Å². The minimum absolute atomic E-state index is 0.0451. The molecule has 126 valence electrons. The van der Waals surface area contributed by atoms with Crippen LogP contribution in [0.1, 0.15) is 31.7 Å². The number of carbonyl (C=O) groups is 1. The fraction of sp³-hybridized carbons (Fsp3) is 0.611. The van der Waals surface area contributed by atoms with Crippen LogP contribution in [-0.4, -0.2) is 48.4 Å². The van der Waals surface area contributed by atoms with Crippen LogP contribution in [0.2, 0.25) is 0 Å². The summed E-state index contributed by atoms with van der Waals surface area (Å²) >= 11 is 3.42. The Morgan fingerprint density at radius 2 is 1.91 bits per heavy atom. The van der Waals surface area contributed by atoms with E-state index in [9.17, 15) is 4.79 Å². The Morgan fingerprint density at radius 3 is 2.57 bits per heavy atom. The molecule has 4 nitrogen and oxygen atoms in total. The number of likely N-dealkylation sites (tertiary alicyclic amines) is 2. The smallest absolute Gasteiger partial charge is 0.246 e. The summed E-state index contributed by atoms with van der Waals surface area (Å²) in [6.45, 7) is 7.07. The number of nitrogens with zero attached hydrogens (tertiary/aromatic N) is 2. The van der Waals surface area contributed by atoms with E-state index in [4.69, 9.17) is 5.73 Å². The average molecular weight is 380 g/mol. The van der Waals surface area contributed by atoms with Gasteiger partial charge in [0.25, 0.3) is 0 Å². The zero-order chi connectivity index (χ0) is 16.4. The molecule has 3 rings (SSSR count). The van der Waals surface area contributed by atoms with Crippen molar-refractivity contribution < 1.29 is 4.79 Å². The van der Waals surface area contributed by atoms with Gasteiger partial charge in [0.1, 0.15) is 5.54 Å². The SMILES string of the molecule is CC(N)(C(=O)N1CCC(CN2CCCC2)C1)c1ccc(Br)cc1. The molecule has 2 saturated heterocycles. The van der Waals surface area contributed by atoms with E-state index < -0.39 is 5.54 Å². The Morgan fingerprint density at radius 1 is 1.26 bits per heavy atom. The zero-order valence-corrected chi connectivity index (χ0v) is 15.4. The molecule has 0 aliphatic carbocycles. The second-order valence-corrected chi connectivity index (χ2v) is 8.04. The zero-order valence-electron chi connectivity index (χ0n) is 13.8. The predicted molar refractivity (Wildman–Crippen MR) is 96.0 cm³/mol. The van der Waals surface area contributed by atoms with Crippen molar-refractivity contribution in [2.24, 2.45) is 11.7 Å². The van der Waals surface area contributed by atoms with E-state index in [1.807, 2.05) is 36.1 Å². The van der Waals surface area contributed by atoms with E-state index in [1.165, 1.54) is 25.9 Å². The van der Waals surface area contributed by atoms with Crippen molar-refractivity contribution in [3.8, 4) is 0 Å². The third-order valence-corrected chi connectivity index (χ3v) is 5.70. The predicted octanol–water partition coefficient (Wildman–Crippen LogP) is 2.57. The maximum atomic E-state index is 12.9. The Labute approximate surface area is 147 Å². The molecule has 0 radical (unpaired) electrons. The summed E-state index contributed by atoms with van der Waals surface area (Å²) in [6, 6.07) is 7.74. The van der Waals surface area contributed by atoms with Gasteiger partial charge in [-0.25, -0.2) is 0 Å². The minimum atomic E-state index is -0.955. The molecule has 2 fully saturated rings. The van der Waals surface area contributed by atoms with Crippen LogP contribution in [0, 0.1) is 5.92 Å². The standard InChI is InChI=1S/C18H26BrN3O/c1-18(20,15-4-6-16(19)7-5-15)17(23)22-11-8-14(13-22)12-21-9-2-3-10-21/h4-7,14H,2-3,8-13,20H2,1H3. The Hall–Kier alpha value is -0.910. The molecule has 0 aromatic heterocycles. The Bertz CT molecular complexity index is 552. The van der Waals surface area contributed by atoms with E-state index in [2.05, 4.69) is 20.8 Å². The number of carbonyl (C=O) groups excluding carboxylic acids is 1. The van der Waals surface area contributed by atoms with Crippen molar-refractivity contribution in [2.45, 2.75) is 31.7 Å². The summed E-state index contributed by atoms with van der Waals surface area (Å²) in [4.78, 5) is 17.4. The summed E-state index contributed by atoms with van der Waals surface area (Å²) in [5.74, 6) is 0.640. The summed E-state index contributed by atoms with van der Waals surface area (Å²) in [5.41, 5.74) is 6.32. The lowest BCUT2D eigenvalue weighted by Crippen LogP contribution is -2.50. The van der Waals surface area contributed by atoms with Crippen LogP contribution in [0.15, 0.2) is 28.7 Å². The molecule has 2 unspecified atom stereocenters. The van der Waals surface area contributed by atoms with Gasteiger partial charge < -0.3 is 15.5 Å². The molecule has 2 aliphatic rings. The minimum Gasteiger partial charge on any atom is -0.340 e. The summed E-state index contributed by atoms with van der Waals surface area (Å²) in [5, 5.41) is 0. The van der Waals surface area contributed by atoms with Crippen molar-refractivity contribution in [3.05, 3.63) is 34.3 Å². The van der Waals surface area contributed by atoms with E-state index in [0.717, 1.165) is 36.1 Å². The first-order valence-corrected chi connectivity index (χ1v) is 9.33. The molecule has 1 aromatic carbocycles. The van der Waals surface area contributed by atoms with Gasteiger partial charge in [0.15, 0.2) is 0 Å². The van der Waals surface area contributed by atoms with Gasteiger partial charge >= 0.3 is 0 Å². The fourth-order valence-electron chi connectivity index (χ4n) is 3.74. The number of halogens is 1. The van der Waals surface area contributed by atoms with Gasteiger partial charge in [-0.3, -0.25) is 4.79 Å². The molecular weight excluding hydrogens is 354 g/mol. The van der Waals surface area contributed by atoms with Crippen LogP contribution in [0.25, 0.3) is 0 Å². The van der Waals surface area contributed by atoms with Crippen LogP contribution >= 0.6 is 15.9 Å². The largest absolute Gasteiger partial charge is 0.340 e. The first kappa shape index (κ1) is 16.9. The number of nitrogens with two attached hydrogens (primary N) is 1. The normalized spacial score (nSPS) is 24.8. The fourth-order valence-corrected chi connectivity index (χ4v) is 4.01. The molecule has 2 N–H and O–H groups in total. The molecule has 0 spiro atoms. The monoisotopic (exact) mass is 379 g/mol. The van der Waals surface area contributed by atoms with Gasteiger partial charge in [-0.2, -0.15) is 0 Å². The van der Waals surface area contributed by atoms with E-state index in [0.29, 0.717) is 5.92 Å². The highest BCUT2D eigenvalue weighted by molar-refractivity contribution is 9.10. The molecule has 2 atom stereocenters. The molecule has 1 aromatic rings. The lowest BCUT2D eigenvalue weighted by molar-refractivity contribution is -0.135. The van der Waals surface area contributed by atoms with Crippen molar-refractivity contribution in [1.82, 2.24) is 9.80 Å². The molecule has 0 bridgehead atoms. The maximum Gasteiger partial charge on any atom is 0.246 e. The van der Waals surface area contributed by atoms with Crippen LogP contribution in [0.5, 0.6) is 0 Å². The van der Waals surface area contributed by atoms with Crippen LogP contribution in [0.3, 0.4) is 0 Å². The van der Waals surface area contributed by atoms with Crippen LogP contribution in [-0.2, 0) is 10.3 Å². The highest BCUT2D eigenvalue weighted by atomic mass is 79.9. The highest BCUT2D eigenvalue weighted by Gasteiger charge is 2.38. The summed E-state index contributed by atoms with van der Waals surface area (Å²) in [7, 11) is 0. The third-order valence-electron chi connectivity index (χ3n) is 5.18. The lowest BCUT2D eigenvalue weighted by Gasteiger charge is -2.30. The number of rotatable bonds is 4. The first-order chi connectivity index (χ1) is 11.0. The second-order valence-electron chi connectivity index (χ2n) is 7.12. The quantitative estimate of drug-likeness (QED) is 0.874. The number of benzene rings is 1. The Kier molecular flexibility index (Phi) is 5.09. The van der Waals surface area contributed by atoms with Crippen LogP contribution in [0.4, 0.5) is 0 Å². The molecule has 5 heteroatoms. The van der Waals surface area contributed by atoms with Crippen molar-refractivity contribution in [1.29, 1.82) is 0 Å². The topological polar surface area (TPSA) is 49.6 Å². The van der Waals surface area contributed by atoms with Gasteiger partial charge in [-0.1, -0.05) is 28.1 Å². The van der Waals surface area contributed by atoms with Gasteiger partial charge in [0, 0.05) is 24.1 Å². The van der Waals surface area contributed by atoms with Gasteiger partial charge in [-0.15, -0.1) is 0 Å². The molecule has 23 heavy (non-hydrogen) atoms. The summed E-state index contributed by atoms with van der Waals surface area (Å²) in [6.07, 6.45) is 3.73. The molecule has 2 aliphatic heterocycles. The average Bonchev–Trinajstić information content (AvgIpc) is 3.19. The third kappa shape index (κ3) is 3.78. The Balaban J connectivity index is 1.62. The van der Waals surface area contributed by atoms with Crippen LogP contribution < -0.4 is 5.73 Å². The molecular formula is C18H26BrN3O. The van der Waals surface area contributed by atoms with E-state index in [-0.39, 0.29) is 5.91 Å². The van der Waals surface area contributed by atoms with Gasteiger partial charge in [-0.05, 0) is 62.9 Å². The second kappa shape index (κ2) is 6.91. The van der Waals surface area contributed by atoms with Crippen molar-refractivity contribution in [3.63, 3.8) is 0 Å². The lowest BCUT2D eigenvalue weighted by atomic mass is 9.92. The molecule has 2 heterocycles. The number of hydrogen-bond acceptors (Lipinski definition) is 3. The highest BCUT2D eigenvalue weighted by Crippen LogP contribution is 2.27. The van der Waals surface area contributed by atoms with E-state index >= 15 is 0 Å². The van der Waals surface area contributed by atoms with Gasteiger partial charge in [0.05, 0.1) is 0 Å². The number of hydrogen-bond donors (Lipinski definition) is 1. The van der Waals surface area contributed by atoms with E-state index in [1.54, 1.807) is 0 Å². The maximum absolute atomic E-state index is 12.9. The molecule has 1 amide bonds. The van der Waals surface area contributed by atoms with Gasteiger partial charge in [0.2, 0.25) is 5.91 Å². The summed E-state index contributed by atoms with van der Waals surface area (Å²) < 4.78 is 0.997.